The second kappa shape index (κ2) is 16.7. The summed E-state index contributed by atoms with van der Waals surface area (Å²) in [6.07, 6.45) is 1.85. The molecule has 0 radical (unpaired) electrons. The first-order chi connectivity index (χ1) is 18.3. The maximum absolute atomic E-state index is 12.3. The first-order valence-electron chi connectivity index (χ1n) is 14.1. The zero-order chi connectivity index (χ0) is 27.9. The van der Waals surface area contributed by atoms with Gasteiger partial charge in [0.15, 0.2) is 0 Å². The number of carbonyl (C=O) groups excluding carboxylic acids is 2. The molecule has 210 valence electrons. The molecule has 2 aromatic carbocycles. The monoisotopic (exact) mass is 524 g/mol. The minimum Gasteiger partial charge on any atom is -0.338 e. The molecule has 0 aliphatic heterocycles. The van der Waals surface area contributed by atoms with Crippen LogP contribution in [0.15, 0.2) is 36.4 Å². The van der Waals surface area contributed by atoms with Gasteiger partial charge in [-0.05, 0) is 112 Å². The highest BCUT2D eigenvalue weighted by Crippen LogP contribution is 2.28. The number of carbonyl (C=O) groups is 2. The van der Waals surface area contributed by atoms with Crippen molar-refractivity contribution in [3.8, 4) is 11.1 Å². The first kappa shape index (κ1) is 31.1. The second-order valence-corrected chi connectivity index (χ2v) is 9.58. The van der Waals surface area contributed by atoms with E-state index in [0.717, 1.165) is 85.7 Å². The van der Waals surface area contributed by atoms with Crippen molar-refractivity contribution in [1.29, 1.82) is 0 Å². The van der Waals surface area contributed by atoms with Crippen molar-refractivity contribution in [3.05, 3.63) is 47.5 Å². The van der Waals surface area contributed by atoms with Gasteiger partial charge in [-0.2, -0.15) is 0 Å². The highest BCUT2D eigenvalue weighted by Gasteiger charge is 2.09. The Labute approximate surface area is 229 Å². The number of hydrogen-bond acceptors (Lipinski definition) is 4. The third-order valence-electron chi connectivity index (χ3n) is 6.94. The van der Waals surface area contributed by atoms with E-state index < -0.39 is 0 Å². The summed E-state index contributed by atoms with van der Waals surface area (Å²) in [5.74, 6) is 0. The van der Waals surface area contributed by atoms with Crippen molar-refractivity contribution in [1.82, 2.24) is 20.4 Å². The third kappa shape index (κ3) is 10.3. The van der Waals surface area contributed by atoms with Gasteiger partial charge in [0.1, 0.15) is 0 Å². The van der Waals surface area contributed by atoms with Crippen molar-refractivity contribution in [3.63, 3.8) is 0 Å². The normalized spacial score (nSPS) is 11.1. The molecule has 0 aromatic heterocycles. The Bertz CT molecular complexity index is 936. The Morgan fingerprint density at radius 3 is 1.32 bits per heavy atom. The van der Waals surface area contributed by atoms with Gasteiger partial charge in [-0.3, -0.25) is 0 Å². The molecule has 0 atom stereocenters. The van der Waals surface area contributed by atoms with Crippen LogP contribution < -0.4 is 21.3 Å². The van der Waals surface area contributed by atoms with Crippen LogP contribution >= 0.6 is 0 Å². The van der Waals surface area contributed by atoms with E-state index in [0.29, 0.717) is 13.1 Å². The predicted molar refractivity (Wildman–Crippen MR) is 160 cm³/mol. The zero-order valence-electron chi connectivity index (χ0n) is 24.2. The molecule has 0 aliphatic rings. The van der Waals surface area contributed by atoms with Gasteiger partial charge in [-0.25, -0.2) is 9.59 Å². The summed E-state index contributed by atoms with van der Waals surface area (Å²) < 4.78 is 0. The van der Waals surface area contributed by atoms with E-state index in [9.17, 15) is 9.59 Å². The number of anilines is 2. The van der Waals surface area contributed by atoms with E-state index in [4.69, 9.17) is 0 Å². The topological polar surface area (TPSA) is 88.7 Å². The molecule has 0 unspecified atom stereocenters. The summed E-state index contributed by atoms with van der Waals surface area (Å²) in [7, 11) is 0. The Morgan fingerprint density at radius 2 is 1.00 bits per heavy atom. The quantitative estimate of drug-likeness (QED) is 0.226. The number of nitrogens with zero attached hydrogens (tertiary/aromatic N) is 2. The molecule has 8 heteroatoms. The van der Waals surface area contributed by atoms with Gasteiger partial charge < -0.3 is 31.1 Å². The molecule has 0 saturated heterocycles. The molecule has 2 rings (SSSR count). The predicted octanol–water partition coefficient (Wildman–Crippen LogP) is 5.68. The van der Waals surface area contributed by atoms with Gasteiger partial charge in [0.25, 0.3) is 0 Å². The minimum absolute atomic E-state index is 0.182. The molecule has 2 aromatic rings. The van der Waals surface area contributed by atoms with E-state index in [1.54, 1.807) is 0 Å². The standard InChI is InChI=1S/C30H48N6O2/c1-7-35(8-2)19-11-17-31-29(37)33-27-15-13-25(21-23(27)5)26-14-16-28(24(6)22-26)34-30(38)32-18-12-20-36(9-3)10-4/h13-16,21-22H,7-12,17-20H2,1-6H3,(H2,31,33,37)(H2,32,34,38). The Morgan fingerprint density at radius 1 is 0.632 bits per heavy atom. The number of urea groups is 2. The molecular weight excluding hydrogens is 476 g/mol. The lowest BCUT2D eigenvalue weighted by molar-refractivity contribution is 0.249. The Hall–Kier alpha value is -3.10. The molecule has 0 spiro atoms. The molecule has 8 nitrogen and oxygen atoms in total. The maximum atomic E-state index is 12.3. The van der Waals surface area contributed by atoms with Crippen LogP contribution in [0.3, 0.4) is 0 Å². The molecule has 4 N–H and O–H groups in total. The smallest absolute Gasteiger partial charge is 0.319 e. The van der Waals surface area contributed by atoms with Crippen LogP contribution in [-0.4, -0.2) is 74.2 Å². The largest absolute Gasteiger partial charge is 0.338 e. The van der Waals surface area contributed by atoms with Crippen LogP contribution in [0.4, 0.5) is 21.0 Å². The van der Waals surface area contributed by atoms with Crippen molar-refractivity contribution in [2.75, 3.05) is 63.0 Å². The highest BCUT2D eigenvalue weighted by molar-refractivity contribution is 5.91. The number of hydrogen-bond donors (Lipinski definition) is 4. The van der Waals surface area contributed by atoms with E-state index in [1.807, 2.05) is 38.1 Å². The van der Waals surface area contributed by atoms with Crippen molar-refractivity contribution >= 4 is 23.4 Å². The number of rotatable bonds is 15. The van der Waals surface area contributed by atoms with Crippen molar-refractivity contribution < 1.29 is 9.59 Å². The summed E-state index contributed by atoms with van der Waals surface area (Å²) in [6, 6.07) is 11.7. The van der Waals surface area contributed by atoms with Crippen LogP contribution in [0.5, 0.6) is 0 Å². The third-order valence-corrected chi connectivity index (χ3v) is 6.94. The van der Waals surface area contributed by atoms with E-state index in [2.05, 4.69) is 70.9 Å². The van der Waals surface area contributed by atoms with Crippen molar-refractivity contribution in [2.45, 2.75) is 54.4 Å². The van der Waals surface area contributed by atoms with Crippen LogP contribution in [0.2, 0.25) is 0 Å². The lowest BCUT2D eigenvalue weighted by atomic mass is 10.00. The van der Waals surface area contributed by atoms with Crippen LogP contribution in [0.1, 0.15) is 51.7 Å². The molecule has 0 fully saturated rings. The SMILES string of the molecule is CCN(CC)CCCNC(=O)Nc1ccc(-c2ccc(NC(=O)NCCCN(CC)CC)c(C)c2)cc1C. The summed E-state index contributed by atoms with van der Waals surface area (Å²) in [4.78, 5) is 29.4. The molecule has 4 amide bonds. The van der Waals surface area contributed by atoms with Gasteiger partial charge in [0, 0.05) is 24.5 Å². The number of amides is 4. The van der Waals surface area contributed by atoms with Gasteiger partial charge >= 0.3 is 12.1 Å². The fraction of sp³-hybridized carbons (Fsp3) is 0.533. The zero-order valence-corrected chi connectivity index (χ0v) is 24.2. The molecule has 0 aliphatic carbocycles. The molecule has 0 bridgehead atoms. The summed E-state index contributed by atoms with van der Waals surface area (Å²) in [5.41, 5.74) is 5.69. The summed E-state index contributed by atoms with van der Waals surface area (Å²) >= 11 is 0. The lowest BCUT2D eigenvalue weighted by Crippen LogP contribution is -2.32. The average Bonchev–Trinajstić information content (AvgIpc) is 2.91. The fourth-order valence-electron chi connectivity index (χ4n) is 4.39. The number of aryl methyl sites for hydroxylation is 2. The summed E-state index contributed by atoms with van der Waals surface area (Å²) in [5, 5.41) is 11.8. The van der Waals surface area contributed by atoms with Crippen molar-refractivity contribution in [2.24, 2.45) is 0 Å². The van der Waals surface area contributed by atoms with E-state index in [1.165, 1.54) is 0 Å². The second-order valence-electron chi connectivity index (χ2n) is 9.58. The van der Waals surface area contributed by atoms with Gasteiger partial charge in [-0.1, -0.05) is 39.8 Å². The van der Waals surface area contributed by atoms with Gasteiger partial charge in [-0.15, -0.1) is 0 Å². The molecule has 38 heavy (non-hydrogen) atoms. The maximum Gasteiger partial charge on any atom is 0.319 e. The van der Waals surface area contributed by atoms with Gasteiger partial charge in [0.05, 0.1) is 0 Å². The average molecular weight is 525 g/mol. The number of nitrogens with one attached hydrogen (secondary N) is 4. The van der Waals surface area contributed by atoms with Gasteiger partial charge in [0.2, 0.25) is 0 Å². The molecule has 0 saturated carbocycles. The lowest BCUT2D eigenvalue weighted by Gasteiger charge is -2.18. The van der Waals surface area contributed by atoms with E-state index >= 15 is 0 Å². The van der Waals surface area contributed by atoms with E-state index in [-0.39, 0.29) is 12.1 Å². The van der Waals surface area contributed by atoms with Crippen LogP contribution in [0, 0.1) is 13.8 Å². The summed E-state index contributed by atoms with van der Waals surface area (Å²) in [6.45, 7) is 20.0. The Kier molecular flexibility index (Phi) is 13.7. The Balaban J connectivity index is 1.87. The van der Waals surface area contributed by atoms with Crippen LogP contribution in [-0.2, 0) is 0 Å². The molecule has 0 heterocycles. The fourth-order valence-corrected chi connectivity index (χ4v) is 4.39. The van der Waals surface area contributed by atoms with Crippen LogP contribution in [0.25, 0.3) is 11.1 Å². The minimum atomic E-state index is -0.182. The first-order valence-corrected chi connectivity index (χ1v) is 14.1. The molecular formula is C30H48N6O2. The highest BCUT2D eigenvalue weighted by atomic mass is 16.2. The number of benzene rings is 2.